The molecule has 0 spiro atoms. The Balaban J connectivity index is 2.06. The lowest BCUT2D eigenvalue weighted by Gasteiger charge is -2.35. The molecular weight excluding hydrogens is 504 g/mol. The summed E-state index contributed by atoms with van der Waals surface area (Å²) in [5, 5.41) is 0. The number of ether oxygens (including phenoxy) is 1. The van der Waals surface area contributed by atoms with Crippen molar-refractivity contribution in [2.75, 3.05) is 51.0 Å². The third kappa shape index (κ3) is 8.23. The van der Waals surface area contributed by atoms with E-state index < -0.39 is 9.84 Å². The van der Waals surface area contributed by atoms with Crippen LogP contribution in [0.5, 0.6) is 5.75 Å². The van der Waals surface area contributed by atoms with Crippen LogP contribution in [0.3, 0.4) is 0 Å². The van der Waals surface area contributed by atoms with Crippen molar-refractivity contribution in [3.63, 3.8) is 0 Å². The third-order valence-electron chi connectivity index (χ3n) is 8.56. The lowest BCUT2D eigenvalue weighted by Crippen LogP contribution is -3.12. The number of nitrogens with zero attached hydrogens (tertiary/aromatic N) is 1. The molecule has 0 saturated heterocycles. The first kappa shape index (κ1) is 31.5. The molecule has 3 rings (SSSR count). The summed E-state index contributed by atoms with van der Waals surface area (Å²) < 4.78 is 34.3. The van der Waals surface area contributed by atoms with Crippen LogP contribution in [0.4, 0.5) is 5.69 Å². The zero-order chi connectivity index (χ0) is 28.5. The fraction of sp³-hybridized carbons (Fsp3) is 0.636. The van der Waals surface area contributed by atoms with E-state index in [-0.39, 0.29) is 17.1 Å². The van der Waals surface area contributed by atoms with Gasteiger partial charge in [0.15, 0.2) is 9.84 Å². The van der Waals surface area contributed by atoms with Gasteiger partial charge in [-0.2, -0.15) is 0 Å². The van der Waals surface area contributed by atoms with Crippen LogP contribution in [0.1, 0.15) is 96.1 Å². The number of quaternary nitrogens is 1. The van der Waals surface area contributed by atoms with Crippen LogP contribution in [0.2, 0.25) is 0 Å². The van der Waals surface area contributed by atoms with E-state index in [1.165, 1.54) is 13.0 Å². The second-order valence-corrected chi connectivity index (χ2v) is 13.8. The summed E-state index contributed by atoms with van der Waals surface area (Å²) in [6.45, 7) is 12.8. The zero-order valence-corrected chi connectivity index (χ0v) is 26.2. The molecule has 1 N–H and O–H groups in total. The number of likely N-dealkylation sites (N-methyl/N-ethyl adjacent to an activating group) is 1. The molecule has 0 saturated carbocycles. The summed E-state index contributed by atoms with van der Waals surface area (Å²) in [5.74, 6) is 1.13. The maximum atomic E-state index is 14.0. The second kappa shape index (κ2) is 14.5. The average Bonchev–Trinajstić information content (AvgIpc) is 3.02. The van der Waals surface area contributed by atoms with E-state index >= 15 is 0 Å². The van der Waals surface area contributed by atoms with Gasteiger partial charge < -0.3 is 14.5 Å². The van der Waals surface area contributed by atoms with Gasteiger partial charge in [-0.25, -0.2) is 8.42 Å². The highest BCUT2D eigenvalue weighted by molar-refractivity contribution is 7.91. The van der Waals surface area contributed by atoms with Gasteiger partial charge in [-0.1, -0.05) is 58.6 Å². The van der Waals surface area contributed by atoms with Gasteiger partial charge in [0.25, 0.3) is 0 Å². The van der Waals surface area contributed by atoms with E-state index in [9.17, 15) is 8.42 Å². The molecule has 0 bridgehead atoms. The lowest BCUT2D eigenvalue weighted by atomic mass is 9.70. The zero-order valence-electron chi connectivity index (χ0n) is 25.4. The molecule has 0 radical (unpaired) electrons. The number of unbranched alkanes of at least 4 members (excludes halogenated alkanes) is 2. The minimum absolute atomic E-state index is 0.00675. The molecule has 1 heterocycles. The van der Waals surface area contributed by atoms with Crippen molar-refractivity contribution in [1.29, 1.82) is 0 Å². The molecule has 1 aliphatic rings. The van der Waals surface area contributed by atoms with E-state index in [0.717, 1.165) is 80.6 Å². The lowest BCUT2D eigenvalue weighted by molar-refractivity contribution is -0.898. The second-order valence-electron chi connectivity index (χ2n) is 11.9. The summed E-state index contributed by atoms with van der Waals surface area (Å²) in [6, 6.07) is 14.4. The highest BCUT2D eigenvalue weighted by Gasteiger charge is 2.43. The van der Waals surface area contributed by atoms with E-state index in [4.69, 9.17) is 4.74 Å². The summed E-state index contributed by atoms with van der Waals surface area (Å²) in [5.41, 5.74) is 2.91. The Morgan fingerprint density at radius 2 is 1.67 bits per heavy atom. The third-order valence-corrected chi connectivity index (χ3v) is 10.6. The highest BCUT2D eigenvalue weighted by Crippen LogP contribution is 2.50. The Morgan fingerprint density at radius 1 is 0.949 bits per heavy atom. The van der Waals surface area contributed by atoms with E-state index in [2.05, 4.69) is 56.9 Å². The Kier molecular flexibility index (Phi) is 11.7. The molecule has 0 fully saturated rings. The first-order chi connectivity index (χ1) is 18.7. The quantitative estimate of drug-likeness (QED) is 0.287. The first-order valence-electron chi connectivity index (χ1n) is 15.3. The monoisotopic (exact) mass is 557 g/mol. The van der Waals surface area contributed by atoms with E-state index in [1.807, 2.05) is 32.3 Å². The average molecular weight is 558 g/mol. The Labute approximate surface area is 238 Å². The van der Waals surface area contributed by atoms with Gasteiger partial charge >= 0.3 is 0 Å². The molecule has 0 aromatic heterocycles. The maximum Gasteiger partial charge on any atom is 0.179 e. The van der Waals surface area contributed by atoms with Gasteiger partial charge in [-0.15, -0.1) is 0 Å². The van der Waals surface area contributed by atoms with Gasteiger partial charge in [0.05, 0.1) is 23.7 Å². The van der Waals surface area contributed by atoms with Crippen molar-refractivity contribution < 1.29 is 18.1 Å². The number of fused-ring (bicyclic) bond motifs is 1. The van der Waals surface area contributed by atoms with E-state index in [1.54, 1.807) is 4.90 Å². The van der Waals surface area contributed by atoms with Crippen LogP contribution in [0.15, 0.2) is 47.4 Å². The molecule has 1 unspecified atom stereocenters. The fourth-order valence-electron chi connectivity index (χ4n) is 6.29. The number of rotatable bonds is 15. The van der Waals surface area contributed by atoms with Crippen LogP contribution < -0.4 is 14.5 Å². The number of hydrogen-bond acceptors (Lipinski definition) is 4. The molecule has 2 aromatic rings. The Morgan fingerprint density at radius 3 is 2.28 bits per heavy atom. The van der Waals surface area contributed by atoms with Crippen LogP contribution in [0, 0.1) is 5.41 Å². The summed E-state index contributed by atoms with van der Waals surface area (Å²) in [6.07, 6.45) is 8.21. The molecule has 218 valence electrons. The standard InChI is InChI=1S/C33H52N2O3S/c1-7-11-18-33(19-12-8-2)25-31(30-24-28(34(5)6)16-17-32(30)39(36,37)26-33)27-14-13-15-29(23-27)38-22-21-35(10-4)20-9-3/h13-17,23-24,31H,7-12,18-22,25-26H2,1-6H3/p+1/t31-/m1/s1. The predicted molar refractivity (Wildman–Crippen MR) is 164 cm³/mol. The van der Waals surface area contributed by atoms with Crippen molar-refractivity contribution in [2.24, 2.45) is 5.41 Å². The largest absolute Gasteiger partial charge is 0.488 e. The van der Waals surface area contributed by atoms with Crippen molar-refractivity contribution >= 4 is 15.5 Å². The molecule has 2 aromatic carbocycles. The van der Waals surface area contributed by atoms with Crippen LogP contribution in [-0.4, -0.2) is 54.5 Å². The first-order valence-corrected chi connectivity index (χ1v) is 16.9. The number of hydrogen-bond donors (Lipinski definition) is 1. The molecule has 5 nitrogen and oxygen atoms in total. The summed E-state index contributed by atoms with van der Waals surface area (Å²) in [7, 11) is 0.609. The molecular formula is C33H53N2O3S+. The summed E-state index contributed by atoms with van der Waals surface area (Å²) >= 11 is 0. The highest BCUT2D eigenvalue weighted by atomic mass is 32.2. The normalized spacial score (nSPS) is 18.7. The van der Waals surface area contributed by atoms with Crippen molar-refractivity contribution in [3.05, 3.63) is 53.6 Å². The van der Waals surface area contributed by atoms with Gasteiger partial charge in [-0.3, -0.25) is 0 Å². The Bertz CT molecular complexity index is 1140. The SMILES string of the molecule is CCCCC1(CCCC)C[C@H](c2cccc(OCC[NH+](CC)CCC)c2)c2cc(N(C)C)ccc2S(=O)(=O)C1. The number of sulfone groups is 1. The predicted octanol–water partition coefficient (Wildman–Crippen LogP) is 6.12. The minimum atomic E-state index is -3.43. The summed E-state index contributed by atoms with van der Waals surface area (Å²) in [4.78, 5) is 4.14. The van der Waals surface area contributed by atoms with Gasteiger partial charge in [0.1, 0.15) is 18.9 Å². The Hall–Kier alpha value is -2.05. The van der Waals surface area contributed by atoms with Crippen molar-refractivity contribution in [2.45, 2.75) is 89.9 Å². The molecule has 0 amide bonds. The van der Waals surface area contributed by atoms with Crippen LogP contribution in [-0.2, 0) is 9.84 Å². The van der Waals surface area contributed by atoms with Gasteiger partial charge in [-0.05, 0) is 79.5 Å². The fourth-order valence-corrected chi connectivity index (χ4v) is 8.50. The topological polar surface area (TPSA) is 51.1 Å². The molecule has 2 atom stereocenters. The van der Waals surface area contributed by atoms with Crippen LogP contribution >= 0.6 is 0 Å². The number of benzene rings is 2. The molecule has 1 aliphatic heterocycles. The molecule has 0 aliphatic carbocycles. The van der Waals surface area contributed by atoms with Crippen molar-refractivity contribution in [3.8, 4) is 5.75 Å². The smallest absolute Gasteiger partial charge is 0.179 e. The molecule has 6 heteroatoms. The number of anilines is 1. The number of nitrogens with one attached hydrogen (secondary N) is 1. The van der Waals surface area contributed by atoms with Gasteiger partial charge in [0, 0.05) is 25.7 Å². The minimum Gasteiger partial charge on any atom is -0.488 e. The van der Waals surface area contributed by atoms with Gasteiger partial charge in [0.2, 0.25) is 0 Å². The van der Waals surface area contributed by atoms with Crippen LogP contribution in [0.25, 0.3) is 0 Å². The van der Waals surface area contributed by atoms with E-state index in [0.29, 0.717) is 11.5 Å². The molecule has 39 heavy (non-hydrogen) atoms. The maximum absolute atomic E-state index is 14.0. The van der Waals surface area contributed by atoms with Crippen molar-refractivity contribution in [1.82, 2.24) is 0 Å².